The van der Waals surface area contributed by atoms with Crippen molar-refractivity contribution in [2.75, 3.05) is 18.5 Å². The molecule has 1 aliphatic carbocycles. The number of esters is 2. The van der Waals surface area contributed by atoms with Crippen LogP contribution >= 0.6 is 11.3 Å². The molecular formula is C24H28N2O7S. The summed E-state index contributed by atoms with van der Waals surface area (Å²) in [5.74, 6) is -1.40. The van der Waals surface area contributed by atoms with Crippen molar-refractivity contribution < 1.29 is 28.8 Å². The highest BCUT2D eigenvalue weighted by molar-refractivity contribution is 7.17. The lowest BCUT2D eigenvalue weighted by Crippen LogP contribution is -2.26. The molecule has 34 heavy (non-hydrogen) atoms. The van der Waals surface area contributed by atoms with Crippen molar-refractivity contribution in [3.63, 3.8) is 0 Å². The van der Waals surface area contributed by atoms with Crippen LogP contribution in [0.2, 0.25) is 0 Å². The van der Waals surface area contributed by atoms with Gasteiger partial charge in [0.05, 0.1) is 22.7 Å². The smallest absolute Gasteiger partial charge is 0.341 e. The minimum absolute atomic E-state index is 0.0884. The summed E-state index contributed by atoms with van der Waals surface area (Å²) in [6.07, 6.45) is 2.49. The van der Waals surface area contributed by atoms with E-state index in [9.17, 15) is 24.5 Å². The molecule has 3 rings (SSSR count). The number of nitro groups is 1. The maximum Gasteiger partial charge on any atom is 0.341 e. The molecule has 0 unspecified atom stereocenters. The predicted molar refractivity (Wildman–Crippen MR) is 127 cm³/mol. The normalized spacial score (nSPS) is 15.2. The first kappa shape index (κ1) is 25.4. The van der Waals surface area contributed by atoms with E-state index in [1.54, 1.807) is 6.92 Å². The summed E-state index contributed by atoms with van der Waals surface area (Å²) in [5.41, 5.74) is 1.36. The number of anilines is 1. The summed E-state index contributed by atoms with van der Waals surface area (Å²) in [5, 5.41) is 13.8. The van der Waals surface area contributed by atoms with Crippen molar-refractivity contribution in [3.8, 4) is 0 Å². The van der Waals surface area contributed by atoms with Gasteiger partial charge in [0.2, 0.25) is 0 Å². The van der Waals surface area contributed by atoms with Gasteiger partial charge >= 0.3 is 11.9 Å². The molecule has 0 spiro atoms. The number of benzene rings is 1. The maximum absolute atomic E-state index is 12.7. The number of thiophene rings is 1. The van der Waals surface area contributed by atoms with E-state index in [0.717, 1.165) is 29.7 Å². The number of carbonyl (C=O) groups excluding carboxylic acids is 3. The van der Waals surface area contributed by atoms with Crippen molar-refractivity contribution in [1.82, 2.24) is 0 Å². The number of rotatable bonds is 7. The quantitative estimate of drug-likeness (QED) is 0.338. The highest BCUT2D eigenvalue weighted by atomic mass is 32.1. The van der Waals surface area contributed by atoms with Crippen molar-refractivity contribution in [2.45, 2.75) is 47.0 Å². The standard InChI is InChI=1S/C24H28N2O7S/c1-5-32-23(29)20-17-11-8-15(24(2,3)4)12-18(17)34-21(20)25-19(27)13-33-22(28)14-6-9-16(10-7-14)26(30)31/h6-7,9-10,15H,5,8,11-13H2,1-4H3,(H,25,27)/t15-/m0/s1. The molecule has 1 atom stereocenters. The molecule has 2 aromatic rings. The molecule has 9 nitrogen and oxygen atoms in total. The maximum atomic E-state index is 12.7. The largest absolute Gasteiger partial charge is 0.462 e. The van der Waals surface area contributed by atoms with E-state index < -0.39 is 29.4 Å². The number of non-ortho nitro benzene ring substituents is 1. The Kier molecular flexibility index (Phi) is 7.71. The molecule has 182 valence electrons. The number of ether oxygens (including phenoxy) is 2. The van der Waals surface area contributed by atoms with Crippen LogP contribution in [0.4, 0.5) is 10.7 Å². The van der Waals surface area contributed by atoms with Crippen LogP contribution < -0.4 is 5.32 Å². The van der Waals surface area contributed by atoms with Gasteiger partial charge in [-0.25, -0.2) is 9.59 Å². The minimum atomic E-state index is -0.783. The molecule has 0 fully saturated rings. The number of hydrogen-bond acceptors (Lipinski definition) is 8. The third-order valence-corrected chi connectivity index (χ3v) is 7.04. The van der Waals surface area contributed by atoms with Gasteiger partial charge in [-0.2, -0.15) is 0 Å². The Bertz CT molecular complexity index is 1100. The van der Waals surface area contributed by atoms with Gasteiger partial charge in [-0.15, -0.1) is 11.3 Å². The molecule has 0 saturated heterocycles. The van der Waals surface area contributed by atoms with E-state index in [4.69, 9.17) is 9.47 Å². The Hall–Kier alpha value is -3.27. The third kappa shape index (κ3) is 5.80. The summed E-state index contributed by atoms with van der Waals surface area (Å²) >= 11 is 1.36. The van der Waals surface area contributed by atoms with Crippen LogP contribution in [0.3, 0.4) is 0 Å². The summed E-state index contributed by atoms with van der Waals surface area (Å²) < 4.78 is 10.3. The van der Waals surface area contributed by atoms with Gasteiger partial charge in [-0.3, -0.25) is 14.9 Å². The van der Waals surface area contributed by atoms with Gasteiger partial charge in [0, 0.05) is 17.0 Å². The first-order valence-corrected chi connectivity index (χ1v) is 11.9. The van der Waals surface area contributed by atoms with Gasteiger partial charge < -0.3 is 14.8 Å². The Morgan fingerprint density at radius 3 is 2.41 bits per heavy atom. The number of fused-ring (bicyclic) bond motifs is 1. The van der Waals surface area contributed by atoms with Gasteiger partial charge in [0.1, 0.15) is 5.00 Å². The zero-order valence-electron chi connectivity index (χ0n) is 19.6. The number of nitro benzene ring substituents is 1. The third-order valence-electron chi connectivity index (χ3n) is 5.87. The second-order valence-corrected chi connectivity index (χ2v) is 10.3. The van der Waals surface area contributed by atoms with Gasteiger partial charge in [-0.1, -0.05) is 20.8 Å². The lowest BCUT2D eigenvalue weighted by atomic mass is 9.72. The topological polar surface area (TPSA) is 125 Å². The average Bonchev–Trinajstić information content (AvgIpc) is 3.14. The van der Waals surface area contributed by atoms with Crippen LogP contribution in [0, 0.1) is 21.4 Å². The fourth-order valence-corrected chi connectivity index (χ4v) is 5.26. The Balaban J connectivity index is 1.72. The van der Waals surface area contributed by atoms with Crippen LogP contribution in [0.25, 0.3) is 0 Å². The molecule has 10 heteroatoms. The molecule has 0 radical (unpaired) electrons. The van der Waals surface area contributed by atoms with Gasteiger partial charge in [-0.05, 0) is 55.2 Å². The number of carbonyl (C=O) groups is 3. The van der Waals surface area contributed by atoms with Crippen LogP contribution in [0.5, 0.6) is 0 Å². The fraction of sp³-hybridized carbons (Fsp3) is 0.458. The second-order valence-electron chi connectivity index (χ2n) is 9.16. The fourth-order valence-electron chi connectivity index (χ4n) is 3.93. The molecule has 1 aromatic heterocycles. The molecule has 0 saturated carbocycles. The minimum Gasteiger partial charge on any atom is -0.462 e. The van der Waals surface area contributed by atoms with E-state index >= 15 is 0 Å². The Morgan fingerprint density at radius 2 is 1.82 bits per heavy atom. The lowest BCUT2D eigenvalue weighted by Gasteiger charge is -2.33. The van der Waals surface area contributed by atoms with Crippen molar-refractivity contribution in [2.24, 2.45) is 11.3 Å². The average molecular weight is 489 g/mol. The number of nitrogens with one attached hydrogen (secondary N) is 1. The monoisotopic (exact) mass is 488 g/mol. The molecular weight excluding hydrogens is 460 g/mol. The van der Waals surface area contributed by atoms with E-state index in [0.29, 0.717) is 16.5 Å². The van der Waals surface area contributed by atoms with Crippen molar-refractivity contribution >= 4 is 39.9 Å². The van der Waals surface area contributed by atoms with Crippen LogP contribution in [0.1, 0.15) is 65.3 Å². The summed E-state index contributed by atoms with van der Waals surface area (Å²) in [4.78, 5) is 48.6. The van der Waals surface area contributed by atoms with E-state index in [-0.39, 0.29) is 23.3 Å². The molecule has 1 heterocycles. The molecule has 1 N–H and O–H groups in total. The zero-order chi connectivity index (χ0) is 25.0. The predicted octanol–water partition coefficient (Wildman–Crippen LogP) is 4.78. The molecule has 1 aliphatic rings. The molecule has 0 aliphatic heterocycles. The molecule has 1 aromatic carbocycles. The number of hydrogen-bond donors (Lipinski definition) is 1. The van der Waals surface area contributed by atoms with E-state index in [2.05, 4.69) is 26.1 Å². The van der Waals surface area contributed by atoms with E-state index in [1.807, 2.05) is 0 Å². The first-order valence-electron chi connectivity index (χ1n) is 11.0. The van der Waals surface area contributed by atoms with E-state index in [1.165, 1.54) is 35.6 Å². The summed E-state index contributed by atoms with van der Waals surface area (Å²) in [6, 6.07) is 4.89. The van der Waals surface area contributed by atoms with Crippen LogP contribution in [-0.2, 0) is 27.1 Å². The van der Waals surface area contributed by atoms with Gasteiger partial charge in [0.25, 0.3) is 11.6 Å². The number of nitrogens with zero attached hydrogens (tertiary/aromatic N) is 1. The highest BCUT2D eigenvalue weighted by Gasteiger charge is 2.34. The highest BCUT2D eigenvalue weighted by Crippen LogP contribution is 2.44. The Morgan fingerprint density at radius 1 is 1.15 bits per heavy atom. The van der Waals surface area contributed by atoms with Crippen LogP contribution in [0.15, 0.2) is 24.3 Å². The molecule has 1 amide bonds. The van der Waals surface area contributed by atoms with Crippen LogP contribution in [-0.4, -0.2) is 36.0 Å². The zero-order valence-corrected chi connectivity index (χ0v) is 20.5. The Labute approximate surface area is 201 Å². The van der Waals surface area contributed by atoms with Crippen molar-refractivity contribution in [3.05, 3.63) is 55.9 Å². The summed E-state index contributed by atoms with van der Waals surface area (Å²) in [6.45, 7) is 7.97. The summed E-state index contributed by atoms with van der Waals surface area (Å²) in [7, 11) is 0. The van der Waals surface area contributed by atoms with Gasteiger partial charge in [0.15, 0.2) is 6.61 Å². The SMILES string of the molecule is CCOC(=O)c1c(NC(=O)COC(=O)c2ccc([N+](=O)[O-])cc2)sc2c1CC[C@H](C(C)(C)C)C2. The first-order chi connectivity index (χ1) is 16.0. The lowest BCUT2D eigenvalue weighted by molar-refractivity contribution is -0.384. The van der Waals surface area contributed by atoms with Crippen molar-refractivity contribution in [1.29, 1.82) is 0 Å². The molecule has 0 bridgehead atoms. The number of amides is 1. The second kappa shape index (κ2) is 10.3.